The van der Waals surface area contributed by atoms with Crippen LogP contribution < -0.4 is 5.32 Å². The number of pyridine rings is 1. The van der Waals surface area contributed by atoms with E-state index in [1.165, 1.54) is 0 Å². The van der Waals surface area contributed by atoms with Crippen molar-refractivity contribution in [2.24, 2.45) is 0 Å². The summed E-state index contributed by atoms with van der Waals surface area (Å²) in [6, 6.07) is 9.61. The van der Waals surface area contributed by atoms with Gasteiger partial charge in [0.05, 0.1) is 16.3 Å². The first-order valence-corrected chi connectivity index (χ1v) is 5.89. The van der Waals surface area contributed by atoms with E-state index in [-0.39, 0.29) is 0 Å². The van der Waals surface area contributed by atoms with Gasteiger partial charge < -0.3 is 5.32 Å². The van der Waals surface area contributed by atoms with Gasteiger partial charge in [0.25, 0.3) is 0 Å². The molecule has 0 saturated carbocycles. The van der Waals surface area contributed by atoms with Gasteiger partial charge in [0.2, 0.25) is 0 Å². The van der Waals surface area contributed by atoms with Crippen LogP contribution in [-0.2, 0) is 0 Å². The average molecular weight is 258 g/mol. The second-order valence-electron chi connectivity index (χ2n) is 4.02. The molecule has 90 valence electrons. The zero-order valence-electron chi connectivity index (χ0n) is 10.2. The third-order valence-corrected chi connectivity index (χ3v) is 3.05. The Kier molecular flexibility index (Phi) is 3.50. The van der Waals surface area contributed by atoms with E-state index in [0.717, 1.165) is 16.8 Å². The van der Waals surface area contributed by atoms with E-state index in [4.69, 9.17) is 16.9 Å². The van der Waals surface area contributed by atoms with Crippen molar-refractivity contribution < 1.29 is 0 Å². The summed E-state index contributed by atoms with van der Waals surface area (Å²) >= 11 is 6.14. The molecule has 0 aliphatic heterocycles. The summed E-state index contributed by atoms with van der Waals surface area (Å²) in [7, 11) is 0. The summed E-state index contributed by atoms with van der Waals surface area (Å²) in [5.74, 6) is 0.536. The Morgan fingerprint density at radius 1 is 1.22 bits per heavy atom. The summed E-state index contributed by atoms with van der Waals surface area (Å²) in [4.78, 5) is 4.20. The number of hydrogen-bond acceptors (Lipinski definition) is 3. The molecule has 3 nitrogen and oxygen atoms in total. The van der Waals surface area contributed by atoms with Gasteiger partial charge >= 0.3 is 0 Å². The lowest BCUT2D eigenvalue weighted by molar-refractivity contribution is 1.24. The number of aromatic nitrogens is 1. The predicted molar refractivity (Wildman–Crippen MR) is 73.2 cm³/mol. The highest BCUT2D eigenvalue weighted by Gasteiger charge is 2.10. The van der Waals surface area contributed by atoms with Crippen molar-refractivity contribution in [1.29, 1.82) is 5.26 Å². The molecule has 0 saturated heterocycles. The highest BCUT2D eigenvalue weighted by atomic mass is 35.5. The molecule has 1 aromatic heterocycles. The number of rotatable bonds is 2. The molecule has 1 N–H and O–H groups in total. The summed E-state index contributed by atoms with van der Waals surface area (Å²) in [5.41, 5.74) is 3.22. The molecule has 0 spiro atoms. The number of benzene rings is 1. The van der Waals surface area contributed by atoms with E-state index in [9.17, 15) is 0 Å². The van der Waals surface area contributed by atoms with Gasteiger partial charge in [-0.15, -0.1) is 0 Å². The number of aryl methyl sites for hydroxylation is 2. The fraction of sp³-hybridized carbons (Fsp3) is 0.143. The smallest absolute Gasteiger partial charge is 0.148 e. The Bertz CT molecular complexity index is 609. The van der Waals surface area contributed by atoms with Crippen LogP contribution in [0.5, 0.6) is 0 Å². The van der Waals surface area contributed by atoms with E-state index in [1.807, 2.05) is 32.0 Å². The number of halogens is 1. The molecule has 2 rings (SSSR count). The molecular weight excluding hydrogens is 246 g/mol. The van der Waals surface area contributed by atoms with Crippen LogP contribution in [0.15, 0.2) is 30.5 Å². The Morgan fingerprint density at radius 3 is 2.67 bits per heavy atom. The topological polar surface area (TPSA) is 48.7 Å². The standard InChI is InChI=1S/C14H12ClN3/c1-9-6-7-17-14(11(9)8-16)18-13-10(2)4-3-5-12(13)15/h3-7H,1-2H3,(H,17,18). The third-order valence-electron chi connectivity index (χ3n) is 2.74. The zero-order chi connectivity index (χ0) is 13.1. The first kappa shape index (κ1) is 12.4. The quantitative estimate of drug-likeness (QED) is 0.886. The molecule has 2 aromatic rings. The maximum Gasteiger partial charge on any atom is 0.148 e. The maximum absolute atomic E-state index is 9.15. The van der Waals surface area contributed by atoms with Crippen LogP contribution in [-0.4, -0.2) is 4.98 Å². The van der Waals surface area contributed by atoms with Crippen molar-refractivity contribution in [3.05, 3.63) is 52.2 Å². The minimum atomic E-state index is 0.536. The van der Waals surface area contributed by atoms with Crippen LogP contribution in [0.2, 0.25) is 5.02 Å². The predicted octanol–water partition coefficient (Wildman–Crippen LogP) is 3.97. The molecule has 1 aromatic carbocycles. The lowest BCUT2D eigenvalue weighted by atomic mass is 10.1. The molecule has 0 fully saturated rings. The SMILES string of the molecule is Cc1ccnc(Nc2c(C)cccc2Cl)c1C#N. The van der Waals surface area contributed by atoms with Gasteiger partial charge in [0, 0.05) is 6.20 Å². The molecule has 4 heteroatoms. The molecule has 0 aliphatic carbocycles. The van der Waals surface area contributed by atoms with Gasteiger partial charge in [-0.2, -0.15) is 5.26 Å². The Morgan fingerprint density at radius 2 is 2.00 bits per heavy atom. The summed E-state index contributed by atoms with van der Waals surface area (Å²) in [5, 5.41) is 12.9. The van der Waals surface area contributed by atoms with Gasteiger partial charge in [-0.05, 0) is 37.1 Å². The summed E-state index contributed by atoms with van der Waals surface area (Å²) in [6.45, 7) is 3.83. The molecule has 18 heavy (non-hydrogen) atoms. The lowest BCUT2D eigenvalue weighted by Gasteiger charge is -2.12. The van der Waals surface area contributed by atoms with Crippen molar-refractivity contribution >= 4 is 23.1 Å². The molecule has 0 radical (unpaired) electrons. The highest BCUT2D eigenvalue weighted by molar-refractivity contribution is 6.33. The van der Waals surface area contributed by atoms with Crippen molar-refractivity contribution in [1.82, 2.24) is 4.98 Å². The first-order valence-electron chi connectivity index (χ1n) is 5.51. The van der Waals surface area contributed by atoms with Gasteiger partial charge in [0.1, 0.15) is 11.9 Å². The number of nitrogens with one attached hydrogen (secondary N) is 1. The molecule has 0 atom stereocenters. The monoisotopic (exact) mass is 257 g/mol. The van der Waals surface area contributed by atoms with Crippen LogP contribution in [0.1, 0.15) is 16.7 Å². The van der Waals surface area contributed by atoms with Gasteiger partial charge in [-0.3, -0.25) is 0 Å². The van der Waals surface area contributed by atoms with Gasteiger partial charge in [-0.25, -0.2) is 4.98 Å². The van der Waals surface area contributed by atoms with E-state index in [2.05, 4.69) is 16.4 Å². The largest absolute Gasteiger partial charge is 0.338 e. The maximum atomic E-state index is 9.15. The van der Waals surface area contributed by atoms with Crippen LogP contribution in [0.4, 0.5) is 11.5 Å². The second-order valence-corrected chi connectivity index (χ2v) is 4.43. The van der Waals surface area contributed by atoms with Crippen molar-refractivity contribution in [2.45, 2.75) is 13.8 Å². The fourth-order valence-corrected chi connectivity index (χ4v) is 1.97. The van der Waals surface area contributed by atoms with Gasteiger partial charge in [0.15, 0.2) is 0 Å². The van der Waals surface area contributed by atoms with Crippen LogP contribution >= 0.6 is 11.6 Å². The van der Waals surface area contributed by atoms with Crippen LogP contribution in [0, 0.1) is 25.2 Å². The second kappa shape index (κ2) is 5.07. The van der Waals surface area contributed by atoms with Crippen molar-refractivity contribution in [2.75, 3.05) is 5.32 Å². The Balaban J connectivity index is 2.48. The van der Waals surface area contributed by atoms with Crippen molar-refractivity contribution in [3.8, 4) is 6.07 Å². The van der Waals surface area contributed by atoms with Gasteiger partial charge in [-0.1, -0.05) is 23.7 Å². The molecule has 0 amide bonds. The number of nitriles is 1. The molecule has 0 unspecified atom stereocenters. The molecule has 0 bridgehead atoms. The lowest BCUT2D eigenvalue weighted by Crippen LogP contribution is -2.00. The van der Waals surface area contributed by atoms with E-state index in [0.29, 0.717) is 16.4 Å². The van der Waals surface area contributed by atoms with Crippen LogP contribution in [0.3, 0.4) is 0 Å². The third kappa shape index (κ3) is 2.29. The van der Waals surface area contributed by atoms with E-state index < -0.39 is 0 Å². The normalized spacial score (nSPS) is 9.89. The number of nitrogens with zero attached hydrogens (tertiary/aromatic N) is 2. The fourth-order valence-electron chi connectivity index (χ4n) is 1.70. The Hall–Kier alpha value is -2.05. The zero-order valence-corrected chi connectivity index (χ0v) is 10.9. The summed E-state index contributed by atoms with van der Waals surface area (Å²) < 4.78 is 0. The summed E-state index contributed by atoms with van der Waals surface area (Å²) in [6.07, 6.45) is 1.67. The average Bonchev–Trinajstić information content (AvgIpc) is 2.34. The number of para-hydroxylation sites is 1. The minimum Gasteiger partial charge on any atom is -0.338 e. The van der Waals surface area contributed by atoms with E-state index >= 15 is 0 Å². The number of hydrogen-bond donors (Lipinski definition) is 1. The minimum absolute atomic E-state index is 0.536. The molecule has 0 aliphatic rings. The van der Waals surface area contributed by atoms with Crippen molar-refractivity contribution in [3.63, 3.8) is 0 Å². The Labute approximate surface area is 111 Å². The number of anilines is 2. The highest BCUT2D eigenvalue weighted by Crippen LogP contribution is 2.29. The van der Waals surface area contributed by atoms with E-state index in [1.54, 1.807) is 12.3 Å². The van der Waals surface area contributed by atoms with Crippen LogP contribution in [0.25, 0.3) is 0 Å². The first-order chi connectivity index (χ1) is 8.63. The molecular formula is C14H12ClN3. The molecule has 1 heterocycles.